The molecule has 3 N–H and O–H groups in total. The zero-order chi connectivity index (χ0) is 20.2. The monoisotopic (exact) mass is 388 g/mol. The van der Waals surface area contributed by atoms with E-state index in [4.69, 9.17) is 20.1 Å². The highest BCUT2D eigenvalue weighted by Crippen LogP contribution is 2.33. The third-order valence-corrected chi connectivity index (χ3v) is 5.31. The molecule has 1 aliphatic rings. The maximum absolute atomic E-state index is 8.92. The topological polar surface area (TPSA) is 69.9 Å². The third-order valence-electron chi connectivity index (χ3n) is 5.31. The van der Waals surface area contributed by atoms with E-state index >= 15 is 0 Å². The largest absolute Gasteiger partial charge is 0.394 e. The van der Waals surface area contributed by atoms with Crippen molar-refractivity contribution >= 4 is 21.5 Å². The first-order valence-corrected chi connectivity index (χ1v) is 9.73. The molecule has 0 aromatic heterocycles. The first kappa shape index (κ1) is 19.6. The highest BCUT2D eigenvalue weighted by atomic mass is 16.5. The van der Waals surface area contributed by atoms with E-state index in [1.54, 1.807) is 0 Å². The lowest BCUT2D eigenvalue weighted by Crippen LogP contribution is -2.31. The lowest BCUT2D eigenvalue weighted by atomic mass is 9.94. The van der Waals surface area contributed by atoms with Gasteiger partial charge in [-0.2, -0.15) is 0 Å². The number of rotatable bonds is 2. The molecular formula is C25H24O4. The van der Waals surface area contributed by atoms with Crippen molar-refractivity contribution < 1.29 is 20.1 Å². The number of hydrogen-bond acceptors (Lipinski definition) is 4. The second-order valence-corrected chi connectivity index (χ2v) is 7.17. The summed E-state index contributed by atoms with van der Waals surface area (Å²) >= 11 is 0. The zero-order valence-corrected chi connectivity index (χ0v) is 16.0. The minimum absolute atomic E-state index is 0.117. The van der Waals surface area contributed by atoms with Crippen molar-refractivity contribution in [1.29, 1.82) is 0 Å². The predicted molar refractivity (Wildman–Crippen MR) is 116 cm³/mol. The molecule has 0 amide bonds. The Labute approximate surface area is 169 Å². The Morgan fingerprint density at radius 3 is 1.59 bits per heavy atom. The van der Waals surface area contributed by atoms with Crippen LogP contribution in [0.25, 0.3) is 32.7 Å². The van der Waals surface area contributed by atoms with Crippen LogP contribution in [-0.4, -0.2) is 46.8 Å². The Balaban J connectivity index is 0.000000192. The number of benzene rings is 4. The molecule has 29 heavy (non-hydrogen) atoms. The number of hydrogen-bond donors (Lipinski definition) is 3. The van der Waals surface area contributed by atoms with Crippen molar-refractivity contribution in [1.82, 2.24) is 0 Å². The van der Waals surface area contributed by atoms with Crippen LogP contribution in [-0.2, 0) is 4.74 Å². The highest BCUT2D eigenvalue weighted by molar-refractivity contribution is 6.05. The fraction of sp³-hybridized carbons (Fsp3) is 0.200. The van der Waals surface area contributed by atoms with Crippen LogP contribution in [0.4, 0.5) is 0 Å². The molecule has 4 aromatic rings. The van der Waals surface area contributed by atoms with E-state index in [2.05, 4.69) is 84.9 Å². The standard InChI is InChI=1S/C20H14.C5H10O4/c1-3-11-17-15(7-1)9-5-13-19(17)20-14-6-10-16-8-2-4-12-18(16)20;6-1-4-5(8)3(7)2-9-4/h1-14H;3-8H,1-2H2/t;3-,4+,5-/m.0/s1. The van der Waals surface area contributed by atoms with Gasteiger partial charge in [-0.3, -0.25) is 0 Å². The van der Waals surface area contributed by atoms with Gasteiger partial charge in [-0.05, 0) is 32.7 Å². The van der Waals surface area contributed by atoms with Gasteiger partial charge in [0.2, 0.25) is 0 Å². The van der Waals surface area contributed by atoms with Crippen molar-refractivity contribution in [2.24, 2.45) is 0 Å². The van der Waals surface area contributed by atoms with Gasteiger partial charge >= 0.3 is 0 Å². The molecule has 1 heterocycles. The van der Waals surface area contributed by atoms with Crippen LogP contribution in [0.2, 0.25) is 0 Å². The van der Waals surface area contributed by atoms with E-state index in [0.29, 0.717) is 0 Å². The summed E-state index contributed by atoms with van der Waals surface area (Å²) in [5, 5.41) is 31.4. The van der Waals surface area contributed by atoms with Gasteiger partial charge in [0, 0.05) is 0 Å². The molecule has 5 rings (SSSR count). The van der Waals surface area contributed by atoms with Gasteiger partial charge in [0.05, 0.1) is 13.2 Å². The average molecular weight is 388 g/mol. The molecular weight excluding hydrogens is 364 g/mol. The summed E-state index contributed by atoms with van der Waals surface area (Å²) in [5.41, 5.74) is 2.61. The van der Waals surface area contributed by atoms with Crippen molar-refractivity contribution in [3.05, 3.63) is 84.9 Å². The third kappa shape index (κ3) is 4.02. The van der Waals surface area contributed by atoms with Crippen LogP contribution >= 0.6 is 0 Å². The summed E-state index contributed by atoms with van der Waals surface area (Å²) in [4.78, 5) is 0. The number of ether oxygens (including phenoxy) is 1. The van der Waals surface area contributed by atoms with Gasteiger partial charge in [-0.25, -0.2) is 0 Å². The average Bonchev–Trinajstić information content (AvgIpc) is 3.11. The van der Waals surface area contributed by atoms with Gasteiger partial charge in [0.25, 0.3) is 0 Å². The molecule has 1 fully saturated rings. The molecule has 3 atom stereocenters. The van der Waals surface area contributed by atoms with E-state index in [9.17, 15) is 0 Å². The number of aliphatic hydroxyl groups is 3. The van der Waals surface area contributed by atoms with Gasteiger partial charge in [-0.15, -0.1) is 0 Å². The summed E-state index contributed by atoms with van der Waals surface area (Å²) < 4.78 is 4.78. The van der Waals surface area contributed by atoms with Crippen LogP contribution in [0.3, 0.4) is 0 Å². The second kappa shape index (κ2) is 8.72. The molecule has 0 aliphatic carbocycles. The summed E-state index contributed by atoms with van der Waals surface area (Å²) in [6.07, 6.45) is -2.35. The maximum Gasteiger partial charge on any atom is 0.110 e. The van der Waals surface area contributed by atoms with Crippen molar-refractivity contribution in [2.45, 2.75) is 18.3 Å². The molecule has 4 aromatic carbocycles. The molecule has 0 unspecified atom stereocenters. The Morgan fingerprint density at radius 1 is 0.690 bits per heavy atom. The molecule has 148 valence electrons. The van der Waals surface area contributed by atoms with Crippen molar-refractivity contribution in [2.75, 3.05) is 13.2 Å². The quantitative estimate of drug-likeness (QED) is 0.489. The van der Waals surface area contributed by atoms with Crippen LogP contribution in [0.5, 0.6) is 0 Å². The summed E-state index contributed by atoms with van der Waals surface area (Å²) in [6, 6.07) is 30.2. The van der Waals surface area contributed by atoms with E-state index in [0.717, 1.165) is 0 Å². The van der Waals surface area contributed by atoms with Crippen LogP contribution in [0.1, 0.15) is 0 Å². The first-order chi connectivity index (χ1) is 14.2. The molecule has 0 spiro atoms. The van der Waals surface area contributed by atoms with E-state index < -0.39 is 18.3 Å². The van der Waals surface area contributed by atoms with Crippen LogP contribution < -0.4 is 0 Å². The minimum Gasteiger partial charge on any atom is -0.394 e. The summed E-state index contributed by atoms with van der Waals surface area (Å²) in [5.74, 6) is 0. The van der Waals surface area contributed by atoms with Crippen molar-refractivity contribution in [3.8, 4) is 11.1 Å². The number of fused-ring (bicyclic) bond motifs is 2. The minimum atomic E-state index is -0.921. The van der Waals surface area contributed by atoms with Crippen LogP contribution in [0.15, 0.2) is 84.9 Å². The summed E-state index contributed by atoms with van der Waals surface area (Å²) in [6.45, 7) is -0.120. The fourth-order valence-electron chi connectivity index (χ4n) is 3.75. The molecule has 4 nitrogen and oxygen atoms in total. The fourth-order valence-corrected chi connectivity index (χ4v) is 3.75. The first-order valence-electron chi connectivity index (χ1n) is 9.73. The Morgan fingerprint density at radius 2 is 1.17 bits per heavy atom. The van der Waals surface area contributed by atoms with Gasteiger partial charge < -0.3 is 20.1 Å². The maximum atomic E-state index is 8.92. The Hall–Kier alpha value is -2.76. The molecule has 1 aliphatic heterocycles. The molecule has 1 saturated heterocycles. The van der Waals surface area contributed by atoms with Gasteiger partial charge in [0.1, 0.15) is 18.3 Å². The highest BCUT2D eigenvalue weighted by Gasteiger charge is 2.33. The predicted octanol–water partition coefficient (Wildman–Crippen LogP) is 3.76. The lowest BCUT2D eigenvalue weighted by molar-refractivity contribution is -0.00588. The van der Waals surface area contributed by atoms with Crippen LogP contribution in [0, 0.1) is 0 Å². The van der Waals surface area contributed by atoms with E-state index in [1.165, 1.54) is 32.7 Å². The normalized spacial score (nSPS) is 21.1. The van der Waals surface area contributed by atoms with E-state index in [1.807, 2.05) is 0 Å². The zero-order valence-electron chi connectivity index (χ0n) is 16.0. The van der Waals surface area contributed by atoms with Crippen molar-refractivity contribution in [3.63, 3.8) is 0 Å². The Bertz CT molecular complexity index is 1020. The SMILES string of the molecule is OC[C@H]1OC[C@H](O)[C@@H]1O.c1ccc2c(-c3cccc4ccccc34)cccc2c1. The Kier molecular flexibility index (Phi) is 5.88. The number of aliphatic hydroxyl groups excluding tert-OH is 3. The molecule has 0 radical (unpaired) electrons. The molecule has 4 heteroatoms. The lowest BCUT2D eigenvalue weighted by Gasteiger charge is -2.10. The molecule has 0 saturated carbocycles. The molecule has 0 bridgehead atoms. The van der Waals surface area contributed by atoms with E-state index in [-0.39, 0.29) is 13.2 Å². The second-order valence-electron chi connectivity index (χ2n) is 7.17. The van der Waals surface area contributed by atoms with Gasteiger partial charge in [0.15, 0.2) is 0 Å². The van der Waals surface area contributed by atoms with Gasteiger partial charge in [-0.1, -0.05) is 84.9 Å². The smallest absolute Gasteiger partial charge is 0.110 e. The summed E-state index contributed by atoms with van der Waals surface area (Å²) in [7, 11) is 0.